The monoisotopic (exact) mass is 237 g/mol. The fourth-order valence-electron chi connectivity index (χ4n) is 0.949. The van der Waals surface area contributed by atoms with Crippen LogP contribution in [0.2, 0.25) is 0 Å². The molecule has 0 bridgehead atoms. The molecule has 1 rings (SSSR count). The lowest BCUT2D eigenvalue weighted by Gasteiger charge is -2.10. The highest BCUT2D eigenvalue weighted by Crippen LogP contribution is 2.23. The second-order valence-electron chi connectivity index (χ2n) is 2.62. The summed E-state index contributed by atoms with van der Waals surface area (Å²) in [6.45, 7) is 0. The van der Waals surface area contributed by atoms with Crippen molar-refractivity contribution in [2.45, 2.75) is 6.36 Å². The number of aldehydes is 1. The maximum Gasteiger partial charge on any atom is 0.574 e. The molecule has 0 radical (unpaired) electrons. The second kappa shape index (κ2) is 4.25. The van der Waals surface area contributed by atoms with Gasteiger partial charge in [-0.05, 0) is 0 Å². The van der Waals surface area contributed by atoms with Crippen LogP contribution < -0.4 is 15.0 Å². The summed E-state index contributed by atoms with van der Waals surface area (Å²) in [5.41, 5.74) is -1.39. The molecule has 0 saturated carbocycles. The fourth-order valence-corrected chi connectivity index (χ4v) is 0.949. The highest BCUT2D eigenvalue weighted by atomic mass is 19.4. The minimum Gasteiger partial charge on any atom is -0.491 e. The zero-order chi connectivity index (χ0) is 12.3. The molecule has 1 aromatic heterocycles. The van der Waals surface area contributed by atoms with E-state index in [9.17, 15) is 22.8 Å². The molecule has 1 heterocycles. The molecule has 0 atom stereocenters. The molecule has 1 N–H and O–H groups in total. The predicted molar refractivity (Wildman–Crippen MR) is 45.7 cm³/mol. The molecule has 0 aromatic carbocycles. The van der Waals surface area contributed by atoms with Gasteiger partial charge in [-0.1, -0.05) is 0 Å². The van der Waals surface area contributed by atoms with Crippen LogP contribution in [0.1, 0.15) is 10.4 Å². The molecule has 1 aromatic rings. The number of ether oxygens (including phenoxy) is 2. The molecule has 88 valence electrons. The third-order valence-corrected chi connectivity index (χ3v) is 1.56. The number of nitrogens with one attached hydrogen (secondary N) is 1. The molecule has 16 heavy (non-hydrogen) atoms. The van der Waals surface area contributed by atoms with E-state index in [4.69, 9.17) is 0 Å². The van der Waals surface area contributed by atoms with Gasteiger partial charge in [-0.3, -0.25) is 14.6 Å². The largest absolute Gasteiger partial charge is 0.574 e. The number of aromatic amines is 1. The Morgan fingerprint density at radius 3 is 2.50 bits per heavy atom. The van der Waals surface area contributed by atoms with Crippen molar-refractivity contribution in [1.29, 1.82) is 0 Å². The van der Waals surface area contributed by atoms with Gasteiger partial charge in [0.2, 0.25) is 5.88 Å². The third-order valence-electron chi connectivity index (χ3n) is 1.56. The number of carbonyl (C=O) groups is 1. The Kier molecular flexibility index (Phi) is 3.21. The quantitative estimate of drug-likeness (QED) is 0.799. The lowest BCUT2D eigenvalue weighted by molar-refractivity contribution is -0.276. The van der Waals surface area contributed by atoms with E-state index in [1.54, 1.807) is 4.98 Å². The Bertz CT molecular complexity index is 452. The van der Waals surface area contributed by atoms with E-state index in [1.165, 1.54) is 0 Å². The van der Waals surface area contributed by atoms with Gasteiger partial charge in [0.1, 0.15) is 0 Å². The first kappa shape index (κ1) is 12.1. The van der Waals surface area contributed by atoms with Crippen LogP contribution in [0.5, 0.6) is 11.6 Å². The first-order valence-electron chi connectivity index (χ1n) is 3.89. The van der Waals surface area contributed by atoms with E-state index in [1.807, 2.05) is 0 Å². The summed E-state index contributed by atoms with van der Waals surface area (Å²) in [5, 5.41) is 0. The lowest BCUT2D eigenvalue weighted by Crippen LogP contribution is -2.22. The number of methoxy groups -OCH3 is 1. The fraction of sp³-hybridized carbons (Fsp3) is 0.250. The number of carbonyl (C=O) groups excluding carboxylic acids is 1. The summed E-state index contributed by atoms with van der Waals surface area (Å²) in [6.07, 6.45) is -4.88. The maximum absolute atomic E-state index is 11.9. The van der Waals surface area contributed by atoms with Gasteiger partial charge in [0, 0.05) is 6.07 Å². The van der Waals surface area contributed by atoms with Crippen molar-refractivity contribution in [2.75, 3.05) is 7.11 Å². The minimum absolute atomic E-state index is 0.111. The normalized spacial score (nSPS) is 11.0. The van der Waals surface area contributed by atoms with Crippen molar-refractivity contribution in [1.82, 2.24) is 4.98 Å². The van der Waals surface area contributed by atoms with Gasteiger partial charge in [0.25, 0.3) is 5.56 Å². The van der Waals surface area contributed by atoms with E-state index in [-0.39, 0.29) is 12.0 Å². The predicted octanol–water partition coefficient (Wildman–Crippen LogP) is 1.09. The molecule has 0 aliphatic heterocycles. The third kappa shape index (κ3) is 2.75. The van der Waals surface area contributed by atoms with E-state index < -0.39 is 23.4 Å². The van der Waals surface area contributed by atoms with Gasteiger partial charge in [-0.25, -0.2) is 0 Å². The van der Waals surface area contributed by atoms with Crippen molar-refractivity contribution in [3.63, 3.8) is 0 Å². The van der Waals surface area contributed by atoms with Crippen molar-refractivity contribution in [2.24, 2.45) is 0 Å². The number of H-pyrrole nitrogens is 1. The summed E-state index contributed by atoms with van der Waals surface area (Å²) >= 11 is 0. The van der Waals surface area contributed by atoms with E-state index in [0.717, 1.165) is 13.2 Å². The van der Waals surface area contributed by atoms with Crippen molar-refractivity contribution in [3.05, 3.63) is 22.0 Å². The molecule has 0 aliphatic carbocycles. The molecule has 0 unspecified atom stereocenters. The van der Waals surface area contributed by atoms with Crippen LogP contribution in [0.15, 0.2) is 10.9 Å². The molecular weight excluding hydrogens is 231 g/mol. The second-order valence-corrected chi connectivity index (χ2v) is 2.62. The van der Waals surface area contributed by atoms with Crippen LogP contribution in [-0.2, 0) is 0 Å². The molecular formula is C8H6F3NO4. The summed E-state index contributed by atoms with van der Waals surface area (Å²) in [5.74, 6) is -1.25. The Morgan fingerprint density at radius 2 is 2.06 bits per heavy atom. The molecule has 5 nitrogen and oxygen atoms in total. The van der Waals surface area contributed by atoms with Gasteiger partial charge in [0.15, 0.2) is 12.0 Å². The Hall–Kier alpha value is -1.99. The average molecular weight is 237 g/mol. The van der Waals surface area contributed by atoms with Gasteiger partial charge in [0.05, 0.1) is 12.7 Å². The van der Waals surface area contributed by atoms with E-state index in [0.29, 0.717) is 0 Å². The number of aromatic nitrogens is 1. The van der Waals surface area contributed by atoms with E-state index in [2.05, 4.69) is 9.47 Å². The van der Waals surface area contributed by atoms with Crippen LogP contribution in [-0.4, -0.2) is 24.7 Å². The molecule has 0 aliphatic rings. The zero-order valence-corrected chi connectivity index (χ0v) is 7.92. The molecule has 0 amide bonds. The van der Waals surface area contributed by atoms with Crippen molar-refractivity contribution < 1.29 is 27.4 Å². The first-order valence-corrected chi connectivity index (χ1v) is 3.89. The summed E-state index contributed by atoms with van der Waals surface area (Å²) in [7, 11) is 1.14. The number of pyridine rings is 1. The van der Waals surface area contributed by atoms with Gasteiger partial charge < -0.3 is 9.47 Å². The highest BCUT2D eigenvalue weighted by molar-refractivity contribution is 5.78. The number of hydrogen-bond donors (Lipinski definition) is 1. The maximum atomic E-state index is 11.9. The van der Waals surface area contributed by atoms with Crippen molar-refractivity contribution in [3.8, 4) is 11.6 Å². The topological polar surface area (TPSA) is 68.4 Å². The molecule has 0 spiro atoms. The number of hydrogen-bond acceptors (Lipinski definition) is 4. The summed E-state index contributed by atoms with van der Waals surface area (Å²) in [6, 6.07) is 0.854. The SMILES string of the molecule is COc1cc(C=O)c(OC(F)(F)F)[nH]c1=O. The standard InChI is InChI=1S/C8H6F3NO4/c1-15-5-2-4(3-13)7(12-6(5)14)16-8(9,10)11/h2-3H,1H3,(H,12,14). The Labute approximate surface area is 86.8 Å². The number of rotatable bonds is 3. The van der Waals surface area contributed by atoms with Gasteiger partial charge in [-0.15, -0.1) is 13.2 Å². The highest BCUT2D eigenvalue weighted by Gasteiger charge is 2.33. The van der Waals surface area contributed by atoms with Crippen LogP contribution in [0, 0.1) is 0 Å². The summed E-state index contributed by atoms with van der Waals surface area (Å²) in [4.78, 5) is 23.3. The average Bonchev–Trinajstić information content (AvgIpc) is 2.16. The van der Waals surface area contributed by atoms with Crippen LogP contribution in [0.3, 0.4) is 0 Å². The van der Waals surface area contributed by atoms with Crippen LogP contribution >= 0.6 is 0 Å². The van der Waals surface area contributed by atoms with Crippen molar-refractivity contribution >= 4 is 6.29 Å². The number of halogens is 3. The Morgan fingerprint density at radius 1 is 1.44 bits per heavy atom. The van der Waals surface area contributed by atoms with E-state index >= 15 is 0 Å². The van der Waals surface area contributed by atoms with Crippen LogP contribution in [0.4, 0.5) is 13.2 Å². The Balaban J connectivity index is 3.24. The first-order chi connectivity index (χ1) is 7.37. The van der Waals surface area contributed by atoms with Gasteiger partial charge in [-0.2, -0.15) is 0 Å². The van der Waals surface area contributed by atoms with Crippen LogP contribution in [0.25, 0.3) is 0 Å². The smallest absolute Gasteiger partial charge is 0.491 e. The lowest BCUT2D eigenvalue weighted by atomic mass is 10.3. The number of alkyl halides is 3. The molecule has 0 saturated heterocycles. The minimum atomic E-state index is -4.99. The van der Waals surface area contributed by atoms with Gasteiger partial charge >= 0.3 is 6.36 Å². The summed E-state index contributed by atoms with van der Waals surface area (Å²) < 4.78 is 43.6. The molecule has 0 fully saturated rings. The molecule has 8 heteroatoms. The zero-order valence-electron chi connectivity index (χ0n) is 7.92.